The van der Waals surface area contributed by atoms with Gasteiger partial charge in [-0.1, -0.05) is 18.2 Å². The van der Waals surface area contributed by atoms with Gasteiger partial charge in [0.15, 0.2) is 0 Å². The molecule has 3 aromatic rings. The third-order valence-corrected chi connectivity index (χ3v) is 4.61. The zero-order chi connectivity index (χ0) is 19.5. The van der Waals surface area contributed by atoms with Crippen LogP contribution in [0.4, 0.5) is 8.78 Å². The molecule has 28 heavy (non-hydrogen) atoms. The highest BCUT2D eigenvalue weighted by Gasteiger charge is 2.27. The fraction of sp³-hybridized carbons (Fsp3) is 0.182. The Kier molecular flexibility index (Phi) is 5.02. The summed E-state index contributed by atoms with van der Waals surface area (Å²) in [6.07, 6.45) is 2.03. The molecular weight excluding hydrogens is 362 g/mol. The van der Waals surface area contributed by atoms with E-state index in [1.807, 2.05) is 6.07 Å². The molecule has 1 aliphatic heterocycles. The van der Waals surface area contributed by atoms with E-state index in [2.05, 4.69) is 10.3 Å². The number of nitrogens with one attached hydrogen (secondary N) is 1. The van der Waals surface area contributed by atoms with E-state index in [4.69, 9.17) is 4.74 Å². The lowest BCUT2D eigenvalue weighted by atomic mass is 10.0. The number of pyridine rings is 1. The molecule has 0 bridgehead atoms. The molecule has 142 valence electrons. The predicted molar refractivity (Wildman–Crippen MR) is 101 cm³/mol. The number of halogens is 2. The summed E-state index contributed by atoms with van der Waals surface area (Å²) in [5.74, 6) is -0.249. The Hall–Kier alpha value is -3.28. The first-order valence-electron chi connectivity index (χ1n) is 9.00. The van der Waals surface area contributed by atoms with Crippen molar-refractivity contribution in [3.63, 3.8) is 0 Å². The molecule has 1 aromatic heterocycles. The van der Waals surface area contributed by atoms with Crippen LogP contribution in [0.25, 0.3) is 11.3 Å². The minimum Gasteiger partial charge on any atom is -0.487 e. The third kappa shape index (κ3) is 4.01. The van der Waals surface area contributed by atoms with Gasteiger partial charge in [-0.25, -0.2) is 8.78 Å². The maximum atomic E-state index is 14.0. The monoisotopic (exact) mass is 380 g/mol. The Labute approximate surface area is 161 Å². The van der Waals surface area contributed by atoms with Crippen molar-refractivity contribution in [2.24, 2.45) is 0 Å². The van der Waals surface area contributed by atoms with Crippen molar-refractivity contribution < 1.29 is 18.3 Å². The molecular formula is C22H18F2N2O2. The lowest BCUT2D eigenvalue weighted by molar-refractivity contribution is -0.120. The van der Waals surface area contributed by atoms with E-state index < -0.39 is 0 Å². The number of amides is 1. The molecule has 1 aliphatic rings. The second kappa shape index (κ2) is 7.76. The molecule has 0 saturated carbocycles. The van der Waals surface area contributed by atoms with E-state index >= 15 is 0 Å². The number of rotatable bonds is 5. The van der Waals surface area contributed by atoms with Gasteiger partial charge in [0.05, 0.1) is 18.7 Å². The van der Waals surface area contributed by atoms with E-state index in [9.17, 15) is 13.6 Å². The number of hydrogen-bond acceptors (Lipinski definition) is 3. The van der Waals surface area contributed by atoms with Crippen LogP contribution in [-0.4, -0.2) is 23.5 Å². The number of fused-ring (bicyclic) bond motifs is 1. The summed E-state index contributed by atoms with van der Waals surface area (Å²) in [5, 5.41) is 2.83. The molecule has 0 fully saturated rings. The highest BCUT2D eigenvalue weighted by Crippen LogP contribution is 2.38. The Morgan fingerprint density at radius 2 is 1.93 bits per heavy atom. The van der Waals surface area contributed by atoms with Gasteiger partial charge in [-0.15, -0.1) is 0 Å². The van der Waals surface area contributed by atoms with Gasteiger partial charge in [-0.2, -0.15) is 0 Å². The Bertz CT molecular complexity index is 991. The van der Waals surface area contributed by atoms with Crippen molar-refractivity contribution >= 4 is 5.91 Å². The lowest BCUT2D eigenvalue weighted by Gasteiger charge is -2.13. The number of benzene rings is 2. The lowest BCUT2D eigenvalue weighted by Crippen LogP contribution is -2.35. The van der Waals surface area contributed by atoms with E-state index in [0.29, 0.717) is 30.0 Å². The van der Waals surface area contributed by atoms with Crippen LogP contribution < -0.4 is 10.1 Å². The van der Waals surface area contributed by atoms with Crippen molar-refractivity contribution in [2.45, 2.75) is 18.9 Å². The molecule has 6 heteroatoms. The van der Waals surface area contributed by atoms with Crippen molar-refractivity contribution in [1.82, 2.24) is 10.3 Å². The highest BCUT2D eigenvalue weighted by molar-refractivity contribution is 5.78. The summed E-state index contributed by atoms with van der Waals surface area (Å²) in [6, 6.07) is 14.1. The summed E-state index contributed by atoms with van der Waals surface area (Å²) in [5.41, 5.74) is 2.74. The fourth-order valence-corrected chi connectivity index (χ4v) is 3.30. The summed E-state index contributed by atoms with van der Waals surface area (Å²) in [4.78, 5) is 16.4. The largest absolute Gasteiger partial charge is 0.487 e. The molecule has 0 aliphatic carbocycles. The highest BCUT2D eigenvalue weighted by atomic mass is 19.1. The zero-order valence-electron chi connectivity index (χ0n) is 15.0. The standard InChI is InChI=1S/C22H18F2N2O2/c23-16-6-4-14(5-7-16)9-21(27)26-13-18-11-15-10-17(24)12-19(22(15)28-18)20-3-1-2-8-25-20/h1-8,10,12,18H,9,11,13H2,(H,26,27)/t18-/m0/s1. The number of hydrogen-bond donors (Lipinski definition) is 1. The fourth-order valence-electron chi connectivity index (χ4n) is 3.30. The van der Waals surface area contributed by atoms with E-state index in [1.54, 1.807) is 30.5 Å². The van der Waals surface area contributed by atoms with Crippen molar-refractivity contribution in [3.05, 3.63) is 83.6 Å². The number of ether oxygens (including phenoxy) is 1. The second-order valence-electron chi connectivity index (χ2n) is 6.71. The molecule has 0 spiro atoms. The smallest absolute Gasteiger partial charge is 0.224 e. The van der Waals surface area contributed by atoms with Crippen molar-refractivity contribution in [2.75, 3.05) is 6.54 Å². The first-order chi connectivity index (χ1) is 13.6. The van der Waals surface area contributed by atoms with Crippen LogP contribution in [0.1, 0.15) is 11.1 Å². The quantitative estimate of drug-likeness (QED) is 0.735. The first kappa shape index (κ1) is 18.1. The average Bonchev–Trinajstić information content (AvgIpc) is 3.11. The summed E-state index contributed by atoms with van der Waals surface area (Å²) < 4.78 is 33.0. The number of carbonyl (C=O) groups is 1. The first-order valence-corrected chi connectivity index (χ1v) is 9.00. The van der Waals surface area contributed by atoms with Crippen molar-refractivity contribution in [3.8, 4) is 17.0 Å². The van der Waals surface area contributed by atoms with Gasteiger partial charge in [0.2, 0.25) is 5.91 Å². The molecule has 2 aromatic carbocycles. The number of nitrogens with zero attached hydrogens (tertiary/aromatic N) is 1. The van der Waals surface area contributed by atoms with Gasteiger partial charge in [0.25, 0.3) is 0 Å². The van der Waals surface area contributed by atoms with E-state index in [0.717, 1.165) is 11.1 Å². The van der Waals surface area contributed by atoms with E-state index in [1.165, 1.54) is 24.3 Å². The van der Waals surface area contributed by atoms with Crippen LogP contribution in [0.3, 0.4) is 0 Å². The average molecular weight is 380 g/mol. The van der Waals surface area contributed by atoms with Crippen LogP contribution in [0, 0.1) is 11.6 Å². The topological polar surface area (TPSA) is 51.2 Å². The van der Waals surface area contributed by atoms with Crippen molar-refractivity contribution in [1.29, 1.82) is 0 Å². The molecule has 1 N–H and O–H groups in total. The van der Waals surface area contributed by atoms with Gasteiger partial charge in [0, 0.05) is 23.7 Å². The number of carbonyl (C=O) groups excluding carboxylic acids is 1. The molecule has 1 amide bonds. The normalized spacial score (nSPS) is 15.0. The Morgan fingerprint density at radius 3 is 2.68 bits per heavy atom. The SMILES string of the molecule is O=C(Cc1ccc(F)cc1)NC[C@@H]1Cc2cc(F)cc(-c3ccccn3)c2O1. The summed E-state index contributed by atoms with van der Waals surface area (Å²) in [7, 11) is 0. The van der Waals surface area contributed by atoms with Gasteiger partial charge >= 0.3 is 0 Å². The second-order valence-corrected chi connectivity index (χ2v) is 6.71. The number of aromatic nitrogens is 1. The molecule has 4 rings (SSSR count). The molecule has 2 heterocycles. The minimum atomic E-state index is -0.344. The van der Waals surface area contributed by atoms with E-state index in [-0.39, 0.29) is 30.1 Å². The van der Waals surface area contributed by atoms with Crippen LogP contribution in [0.5, 0.6) is 5.75 Å². The maximum Gasteiger partial charge on any atom is 0.224 e. The molecule has 4 nitrogen and oxygen atoms in total. The van der Waals surface area contributed by atoms with Crippen LogP contribution in [-0.2, 0) is 17.6 Å². The zero-order valence-corrected chi connectivity index (χ0v) is 15.0. The molecule has 0 unspecified atom stereocenters. The van der Waals surface area contributed by atoms with Gasteiger partial charge in [0.1, 0.15) is 23.5 Å². The summed E-state index contributed by atoms with van der Waals surface area (Å²) >= 11 is 0. The minimum absolute atomic E-state index is 0.160. The van der Waals surface area contributed by atoms with Crippen LogP contribution >= 0.6 is 0 Å². The van der Waals surface area contributed by atoms with Gasteiger partial charge < -0.3 is 10.1 Å². The predicted octanol–water partition coefficient (Wildman–Crippen LogP) is 3.69. The molecule has 1 atom stereocenters. The van der Waals surface area contributed by atoms with Crippen LogP contribution in [0.2, 0.25) is 0 Å². The summed E-state index contributed by atoms with van der Waals surface area (Å²) in [6.45, 7) is 0.304. The molecule has 0 saturated heterocycles. The maximum absolute atomic E-state index is 14.0. The third-order valence-electron chi connectivity index (χ3n) is 4.61. The van der Waals surface area contributed by atoms with Crippen LogP contribution in [0.15, 0.2) is 60.8 Å². The molecule has 0 radical (unpaired) electrons. The Morgan fingerprint density at radius 1 is 1.11 bits per heavy atom. The Balaban J connectivity index is 1.41. The van der Waals surface area contributed by atoms with Gasteiger partial charge in [-0.05, 0) is 42.0 Å². The van der Waals surface area contributed by atoms with Gasteiger partial charge in [-0.3, -0.25) is 9.78 Å².